The van der Waals surface area contributed by atoms with Gasteiger partial charge in [0.25, 0.3) is 0 Å². The van der Waals surface area contributed by atoms with Gasteiger partial charge in [0.2, 0.25) is 0 Å². The van der Waals surface area contributed by atoms with Crippen LogP contribution in [0.2, 0.25) is 0 Å². The fraction of sp³-hybridized carbons (Fsp3) is 0. The molecule has 0 spiro atoms. The van der Waals surface area contributed by atoms with Gasteiger partial charge in [-0.3, -0.25) is 0 Å². The summed E-state index contributed by atoms with van der Waals surface area (Å²) in [6.45, 7) is 0. The second kappa shape index (κ2) is 3.96. The normalized spacial score (nSPS) is 10.9. The van der Waals surface area contributed by atoms with E-state index in [-0.39, 0.29) is 5.82 Å². The van der Waals surface area contributed by atoms with E-state index in [1.807, 2.05) is 18.2 Å². The quantitative estimate of drug-likeness (QED) is 0.664. The molecule has 0 fully saturated rings. The lowest BCUT2D eigenvalue weighted by molar-refractivity contribution is 0.440. The van der Waals surface area contributed by atoms with Gasteiger partial charge >= 0.3 is 0 Å². The van der Waals surface area contributed by atoms with E-state index in [1.54, 1.807) is 12.1 Å². The summed E-state index contributed by atoms with van der Waals surface area (Å²) in [6.07, 6.45) is 0. The lowest BCUT2D eigenvalue weighted by Crippen LogP contribution is -1.78. The van der Waals surface area contributed by atoms with Crippen molar-refractivity contribution < 1.29 is 8.91 Å². The van der Waals surface area contributed by atoms with Crippen molar-refractivity contribution in [3.63, 3.8) is 0 Å². The summed E-state index contributed by atoms with van der Waals surface area (Å²) in [7, 11) is 0. The molecule has 1 heterocycles. The third kappa shape index (κ3) is 1.85. The fourth-order valence-corrected chi connectivity index (χ4v) is 2.11. The largest absolute Gasteiger partial charge is 0.355 e. The Morgan fingerprint density at radius 2 is 2.00 bits per heavy atom. The molecule has 0 saturated heterocycles. The Bertz CT molecular complexity index is 693. The van der Waals surface area contributed by atoms with Crippen molar-refractivity contribution >= 4 is 26.8 Å². The van der Waals surface area contributed by atoms with Gasteiger partial charge in [-0.15, -0.1) is 0 Å². The Morgan fingerprint density at radius 3 is 2.82 bits per heavy atom. The number of rotatable bonds is 1. The van der Waals surface area contributed by atoms with Gasteiger partial charge in [-0.2, -0.15) is 0 Å². The highest BCUT2D eigenvalue weighted by Gasteiger charge is 2.11. The second-order valence-corrected chi connectivity index (χ2v) is 4.60. The smallest absolute Gasteiger partial charge is 0.174 e. The minimum Gasteiger partial charge on any atom is -0.355 e. The van der Waals surface area contributed by atoms with Gasteiger partial charge in [0, 0.05) is 10.0 Å². The van der Waals surface area contributed by atoms with Gasteiger partial charge in [-0.1, -0.05) is 33.2 Å². The second-order valence-electron chi connectivity index (χ2n) is 3.68. The first kappa shape index (κ1) is 10.5. The van der Waals surface area contributed by atoms with E-state index in [0.29, 0.717) is 11.3 Å². The molecule has 0 bridgehead atoms. The van der Waals surface area contributed by atoms with Crippen molar-refractivity contribution in [1.82, 2.24) is 5.16 Å². The molecule has 0 saturated carbocycles. The third-order valence-electron chi connectivity index (χ3n) is 2.53. The summed E-state index contributed by atoms with van der Waals surface area (Å²) in [5, 5.41) is 4.81. The van der Waals surface area contributed by atoms with Gasteiger partial charge in [0.1, 0.15) is 11.3 Å². The van der Waals surface area contributed by atoms with Crippen molar-refractivity contribution in [2.24, 2.45) is 0 Å². The minimum atomic E-state index is -0.290. The highest BCUT2D eigenvalue weighted by molar-refractivity contribution is 9.10. The zero-order valence-corrected chi connectivity index (χ0v) is 10.2. The average molecular weight is 292 g/mol. The molecule has 4 heteroatoms. The molecule has 0 amide bonds. The molecule has 84 valence electrons. The number of fused-ring (bicyclic) bond motifs is 1. The Morgan fingerprint density at radius 1 is 1.12 bits per heavy atom. The van der Waals surface area contributed by atoms with Crippen LogP contribution < -0.4 is 0 Å². The molecular formula is C13H7BrFNO. The van der Waals surface area contributed by atoms with Gasteiger partial charge in [-0.25, -0.2) is 4.39 Å². The first-order valence-corrected chi connectivity index (χ1v) is 5.84. The molecule has 0 aliphatic heterocycles. The fourth-order valence-electron chi connectivity index (χ4n) is 1.75. The molecule has 0 N–H and O–H groups in total. The molecule has 0 aliphatic carbocycles. The summed E-state index contributed by atoms with van der Waals surface area (Å²) in [5.74, 6) is 0.294. The zero-order chi connectivity index (χ0) is 11.8. The number of nitrogens with zero attached hydrogens (tertiary/aromatic N) is 1. The molecule has 3 aromatic rings. The SMILES string of the molecule is Fc1cccc(-c2onc3ccc(Br)cc23)c1. The van der Waals surface area contributed by atoms with Crippen molar-refractivity contribution in [1.29, 1.82) is 0 Å². The van der Waals surface area contributed by atoms with Crippen LogP contribution in [0.25, 0.3) is 22.2 Å². The van der Waals surface area contributed by atoms with Crippen molar-refractivity contribution in [3.05, 3.63) is 52.8 Å². The highest BCUT2D eigenvalue weighted by atomic mass is 79.9. The van der Waals surface area contributed by atoms with E-state index in [9.17, 15) is 4.39 Å². The van der Waals surface area contributed by atoms with E-state index in [4.69, 9.17) is 4.52 Å². The van der Waals surface area contributed by atoms with Crippen LogP contribution in [0.3, 0.4) is 0 Å². The first-order valence-electron chi connectivity index (χ1n) is 5.05. The molecule has 17 heavy (non-hydrogen) atoms. The zero-order valence-electron chi connectivity index (χ0n) is 8.65. The number of halogens is 2. The molecule has 2 nitrogen and oxygen atoms in total. The number of benzene rings is 2. The number of hydrogen-bond acceptors (Lipinski definition) is 2. The van der Waals surface area contributed by atoms with Crippen LogP contribution in [0.1, 0.15) is 0 Å². The van der Waals surface area contributed by atoms with Crippen LogP contribution >= 0.6 is 15.9 Å². The van der Waals surface area contributed by atoms with Crippen LogP contribution in [0.15, 0.2) is 51.5 Å². The standard InChI is InChI=1S/C13H7BrFNO/c14-9-4-5-12-11(7-9)13(17-16-12)8-2-1-3-10(15)6-8/h1-7H. The predicted molar refractivity (Wildman–Crippen MR) is 67.1 cm³/mol. The van der Waals surface area contributed by atoms with Gasteiger partial charge in [0.05, 0.1) is 5.39 Å². The summed E-state index contributed by atoms with van der Waals surface area (Å²) >= 11 is 3.39. The van der Waals surface area contributed by atoms with Crippen LogP contribution in [-0.2, 0) is 0 Å². The molecule has 0 unspecified atom stereocenters. The van der Waals surface area contributed by atoms with E-state index in [2.05, 4.69) is 21.1 Å². The van der Waals surface area contributed by atoms with Gasteiger partial charge in [0.15, 0.2) is 5.76 Å². The average Bonchev–Trinajstić information content (AvgIpc) is 2.71. The molecular weight excluding hydrogens is 285 g/mol. The molecule has 3 rings (SSSR count). The summed E-state index contributed by atoms with van der Waals surface area (Å²) in [5.41, 5.74) is 1.44. The summed E-state index contributed by atoms with van der Waals surface area (Å²) < 4.78 is 19.4. The lowest BCUT2D eigenvalue weighted by atomic mass is 10.1. The molecule has 0 aliphatic rings. The van der Waals surface area contributed by atoms with E-state index in [0.717, 1.165) is 15.4 Å². The topological polar surface area (TPSA) is 26.0 Å². The van der Waals surface area contributed by atoms with E-state index >= 15 is 0 Å². The van der Waals surface area contributed by atoms with Crippen molar-refractivity contribution in [2.45, 2.75) is 0 Å². The van der Waals surface area contributed by atoms with Crippen LogP contribution in [0.4, 0.5) is 4.39 Å². The first-order chi connectivity index (χ1) is 8.24. The van der Waals surface area contributed by atoms with Crippen LogP contribution in [-0.4, -0.2) is 5.16 Å². The Hall–Kier alpha value is -1.68. The van der Waals surface area contributed by atoms with Crippen molar-refractivity contribution in [2.75, 3.05) is 0 Å². The molecule has 2 aromatic carbocycles. The van der Waals surface area contributed by atoms with E-state index < -0.39 is 0 Å². The van der Waals surface area contributed by atoms with Crippen LogP contribution in [0, 0.1) is 5.82 Å². The number of hydrogen-bond donors (Lipinski definition) is 0. The maximum atomic E-state index is 13.2. The van der Waals surface area contributed by atoms with Crippen molar-refractivity contribution in [3.8, 4) is 11.3 Å². The molecule has 0 atom stereocenters. The minimum absolute atomic E-state index is 0.290. The van der Waals surface area contributed by atoms with E-state index in [1.165, 1.54) is 12.1 Å². The Balaban J connectivity index is 2.27. The van der Waals surface area contributed by atoms with Gasteiger partial charge in [-0.05, 0) is 30.3 Å². The maximum absolute atomic E-state index is 13.2. The summed E-state index contributed by atoms with van der Waals surface area (Å²) in [4.78, 5) is 0. The predicted octanol–water partition coefficient (Wildman–Crippen LogP) is 4.40. The number of aromatic nitrogens is 1. The summed E-state index contributed by atoms with van der Waals surface area (Å²) in [6, 6.07) is 11.9. The lowest BCUT2D eigenvalue weighted by Gasteiger charge is -1.97. The highest BCUT2D eigenvalue weighted by Crippen LogP contribution is 2.30. The Labute approximate surface area is 105 Å². The maximum Gasteiger partial charge on any atom is 0.174 e. The van der Waals surface area contributed by atoms with Crippen LogP contribution in [0.5, 0.6) is 0 Å². The Kier molecular flexibility index (Phi) is 2.44. The van der Waals surface area contributed by atoms with Gasteiger partial charge < -0.3 is 4.52 Å². The third-order valence-corrected chi connectivity index (χ3v) is 3.02. The monoisotopic (exact) mass is 291 g/mol. The molecule has 0 radical (unpaired) electrons. The molecule has 1 aromatic heterocycles.